The highest BCUT2D eigenvalue weighted by Gasteiger charge is 2.29. The molecule has 1 aliphatic rings. The molecule has 0 aliphatic heterocycles. The lowest BCUT2D eigenvalue weighted by Crippen LogP contribution is -2.46. The average Bonchev–Trinajstić information content (AvgIpc) is 2.15. The zero-order valence-electron chi connectivity index (χ0n) is 9.88. The number of nitrogens with one attached hydrogen (secondary N) is 1. The molecule has 1 rings (SSSR count). The van der Waals surface area contributed by atoms with Gasteiger partial charge in [-0.2, -0.15) is 0 Å². The molecule has 0 bridgehead atoms. The Hall–Kier alpha value is -0.0800. The fourth-order valence-corrected chi connectivity index (χ4v) is 2.01. The lowest BCUT2D eigenvalue weighted by Gasteiger charge is -2.36. The monoisotopic (exact) mass is 199 g/mol. The van der Waals surface area contributed by atoms with E-state index in [4.69, 9.17) is 4.74 Å². The summed E-state index contributed by atoms with van der Waals surface area (Å²) in [6.45, 7) is 8.69. The topological polar surface area (TPSA) is 21.3 Å². The molecule has 84 valence electrons. The Balaban J connectivity index is 1.99. The molecule has 2 nitrogen and oxygen atoms in total. The van der Waals surface area contributed by atoms with Crippen molar-refractivity contribution >= 4 is 0 Å². The van der Waals surface area contributed by atoms with Gasteiger partial charge >= 0.3 is 0 Å². The van der Waals surface area contributed by atoms with Crippen molar-refractivity contribution in [2.75, 3.05) is 13.2 Å². The Morgan fingerprint density at radius 2 is 1.86 bits per heavy atom. The van der Waals surface area contributed by atoms with Crippen LogP contribution < -0.4 is 5.32 Å². The van der Waals surface area contributed by atoms with Crippen LogP contribution in [0.4, 0.5) is 0 Å². The quantitative estimate of drug-likeness (QED) is 0.680. The first kappa shape index (κ1) is 12.0. The maximum atomic E-state index is 5.53. The minimum Gasteiger partial charge on any atom is -0.378 e. The summed E-state index contributed by atoms with van der Waals surface area (Å²) in [6.07, 6.45) is 5.57. The van der Waals surface area contributed by atoms with Crippen molar-refractivity contribution in [3.63, 3.8) is 0 Å². The largest absolute Gasteiger partial charge is 0.378 e. The van der Waals surface area contributed by atoms with Gasteiger partial charge in [-0.1, -0.05) is 26.7 Å². The van der Waals surface area contributed by atoms with Crippen LogP contribution in [0, 0.1) is 5.92 Å². The normalized spacial score (nSPS) is 26.6. The van der Waals surface area contributed by atoms with E-state index in [1.165, 1.54) is 32.2 Å². The van der Waals surface area contributed by atoms with Gasteiger partial charge in [0.1, 0.15) is 0 Å². The highest BCUT2D eigenvalue weighted by Crippen LogP contribution is 2.23. The molecule has 0 spiro atoms. The number of hydrogen-bond donors (Lipinski definition) is 1. The molecule has 0 aromatic carbocycles. The van der Waals surface area contributed by atoms with Gasteiger partial charge in [0.15, 0.2) is 0 Å². The molecular formula is C12H25NO. The van der Waals surface area contributed by atoms with Gasteiger partial charge in [0.25, 0.3) is 0 Å². The first-order valence-electron chi connectivity index (χ1n) is 6.15. The minimum absolute atomic E-state index is 0.541. The van der Waals surface area contributed by atoms with E-state index in [9.17, 15) is 0 Å². The first-order chi connectivity index (χ1) is 6.80. The van der Waals surface area contributed by atoms with Crippen molar-refractivity contribution in [1.82, 2.24) is 5.32 Å². The summed E-state index contributed by atoms with van der Waals surface area (Å²) in [7, 11) is 0. The average molecular weight is 199 g/mol. The van der Waals surface area contributed by atoms with Gasteiger partial charge in [-0.3, -0.25) is 0 Å². The molecule has 1 saturated carbocycles. The molecule has 1 N–H and O–H groups in total. The smallest absolute Gasteiger partial charge is 0.0604 e. The van der Waals surface area contributed by atoms with E-state index < -0.39 is 0 Å². The Bertz CT molecular complexity index is 139. The Morgan fingerprint density at radius 3 is 2.36 bits per heavy atom. The van der Waals surface area contributed by atoms with Crippen LogP contribution in [0.1, 0.15) is 46.5 Å². The van der Waals surface area contributed by atoms with Crippen molar-refractivity contribution in [2.24, 2.45) is 5.92 Å². The zero-order chi connectivity index (χ0) is 10.4. The lowest BCUT2D eigenvalue weighted by atomic mass is 9.88. The third-order valence-corrected chi connectivity index (χ3v) is 3.35. The number of rotatable bonds is 7. The predicted molar refractivity (Wildman–Crippen MR) is 60.5 cm³/mol. The van der Waals surface area contributed by atoms with E-state index in [0.717, 1.165) is 18.6 Å². The molecule has 1 fully saturated rings. The van der Waals surface area contributed by atoms with Crippen molar-refractivity contribution in [3.8, 4) is 0 Å². The van der Waals surface area contributed by atoms with E-state index in [0.29, 0.717) is 6.10 Å². The van der Waals surface area contributed by atoms with Crippen molar-refractivity contribution in [1.29, 1.82) is 0 Å². The summed E-state index contributed by atoms with van der Waals surface area (Å²) in [4.78, 5) is 0. The van der Waals surface area contributed by atoms with Crippen LogP contribution in [0.3, 0.4) is 0 Å². The second-order valence-electron chi connectivity index (χ2n) is 4.34. The fourth-order valence-electron chi connectivity index (χ4n) is 2.01. The minimum atomic E-state index is 0.541. The van der Waals surface area contributed by atoms with Crippen LogP contribution in [-0.2, 0) is 4.74 Å². The van der Waals surface area contributed by atoms with E-state index >= 15 is 0 Å². The van der Waals surface area contributed by atoms with Gasteiger partial charge in [0, 0.05) is 12.6 Å². The van der Waals surface area contributed by atoms with Crippen molar-refractivity contribution < 1.29 is 4.74 Å². The van der Waals surface area contributed by atoms with Crippen LogP contribution in [0.2, 0.25) is 0 Å². The van der Waals surface area contributed by atoms with Gasteiger partial charge in [0.2, 0.25) is 0 Å². The molecule has 14 heavy (non-hydrogen) atoms. The predicted octanol–water partition coefficient (Wildman–Crippen LogP) is 2.58. The van der Waals surface area contributed by atoms with Crippen LogP contribution in [0.5, 0.6) is 0 Å². The van der Waals surface area contributed by atoms with Gasteiger partial charge in [-0.15, -0.1) is 0 Å². The maximum absolute atomic E-state index is 5.53. The number of hydrogen-bond acceptors (Lipinski definition) is 2. The molecule has 0 unspecified atom stereocenters. The summed E-state index contributed by atoms with van der Waals surface area (Å²) < 4.78 is 5.53. The summed E-state index contributed by atoms with van der Waals surface area (Å²) >= 11 is 0. The van der Waals surface area contributed by atoms with Gasteiger partial charge in [0.05, 0.1) is 6.10 Å². The molecule has 0 saturated heterocycles. The van der Waals surface area contributed by atoms with E-state index in [1.54, 1.807) is 0 Å². The number of ether oxygens (including phenoxy) is 1. The highest BCUT2D eigenvalue weighted by molar-refractivity contribution is 4.86. The van der Waals surface area contributed by atoms with Crippen LogP contribution in [-0.4, -0.2) is 25.3 Å². The summed E-state index contributed by atoms with van der Waals surface area (Å²) in [6, 6.07) is 0.729. The lowest BCUT2D eigenvalue weighted by molar-refractivity contribution is -0.0106. The van der Waals surface area contributed by atoms with Crippen LogP contribution in [0.15, 0.2) is 0 Å². The Labute approximate surface area is 88.4 Å². The highest BCUT2D eigenvalue weighted by atomic mass is 16.5. The van der Waals surface area contributed by atoms with E-state index in [-0.39, 0.29) is 0 Å². The fraction of sp³-hybridized carbons (Fsp3) is 1.00. The summed E-state index contributed by atoms with van der Waals surface area (Å²) in [5.41, 5.74) is 0. The third kappa shape index (κ3) is 3.58. The standard InChI is InChI=1S/C12H25NO/c1-4-10(5-2)9-13-11-7-12(8-11)14-6-3/h10-13H,4-9H2,1-3H3. The second kappa shape index (κ2) is 6.41. The van der Waals surface area contributed by atoms with Crippen molar-refractivity contribution in [3.05, 3.63) is 0 Å². The molecule has 0 amide bonds. The Morgan fingerprint density at radius 1 is 1.21 bits per heavy atom. The van der Waals surface area contributed by atoms with Gasteiger partial charge in [-0.25, -0.2) is 0 Å². The maximum Gasteiger partial charge on any atom is 0.0604 e. The molecule has 0 aromatic heterocycles. The van der Waals surface area contributed by atoms with Crippen LogP contribution in [0.25, 0.3) is 0 Å². The van der Waals surface area contributed by atoms with Gasteiger partial charge in [-0.05, 0) is 32.2 Å². The molecule has 2 heteroatoms. The molecule has 0 heterocycles. The summed E-state index contributed by atoms with van der Waals surface area (Å²) in [5.74, 6) is 0.862. The molecule has 1 aliphatic carbocycles. The molecule has 0 radical (unpaired) electrons. The van der Waals surface area contributed by atoms with Gasteiger partial charge < -0.3 is 10.1 Å². The second-order valence-corrected chi connectivity index (χ2v) is 4.34. The SMILES string of the molecule is CCOC1CC(NCC(CC)CC)C1. The van der Waals surface area contributed by atoms with E-state index in [1.807, 2.05) is 0 Å². The third-order valence-electron chi connectivity index (χ3n) is 3.35. The van der Waals surface area contributed by atoms with Crippen molar-refractivity contribution in [2.45, 2.75) is 58.6 Å². The van der Waals surface area contributed by atoms with E-state index in [2.05, 4.69) is 26.1 Å². The first-order valence-corrected chi connectivity index (χ1v) is 6.15. The summed E-state index contributed by atoms with van der Waals surface area (Å²) in [5, 5.41) is 3.63. The van der Waals surface area contributed by atoms with Crippen LogP contribution >= 0.6 is 0 Å². The molecule has 0 aromatic rings. The molecular weight excluding hydrogens is 174 g/mol. The Kier molecular flexibility index (Phi) is 5.49. The zero-order valence-corrected chi connectivity index (χ0v) is 9.88. The molecule has 0 atom stereocenters.